The van der Waals surface area contributed by atoms with Gasteiger partial charge in [0.2, 0.25) is 10.0 Å². The molecule has 0 fully saturated rings. The normalized spacial score (nSPS) is 11.1. The summed E-state index contributed by atoms with van der Waals surface area (Å²) in [7, 11) is -3.58. The summed E-state index contributed by atoms with van der Waals surface area (Å²) in [6, 6.07) is 4.76. The zero-order valence-corrected chi connectivity index (χ0v) is 11.9. The zero-order valence-electron chi connectivity index (χ0n) is 7.91. The number of halogens is 2. The maximum atomic E-state index is 11.5. The van der Waals surface area contributed by atoms with E-state index < -0.39 is 15.8 Å². The molecule has 4 nitrogen and oxygen atoms in total. The average molecular weight is 344 g/mol. The predicted octanol–water partition coefficient (Wildman–Crippen LogP) is 2.13. The predicted molar refractivity (Wildman–Crippen MR) is 73.3 cm³/mol. The quantitative estimate of drug-likeness (QED) is 0.822. The lowest BCUT2D eigenvalue weighted by molar-refractivity contribution is 0.605. The minimum atomic E-state index is -3.58. The Morgan fingerprint density at radius 3 is 2.75 bits per heavy atom. The first-order chi connectivity index (χ1) is 7.30. The molecule has 0 unspecified atom stereocenters. The van der Waals surface area contributed by atoms with Crippen molar-refractivity contribution in [3.63, 3.8) is 0 Å². The van der Waals surface area contributed by atoms with Crippen molar-refractivity contribution < 1.29 is 8.42 Å². The first-order valence-corrected chi connectivity index (χ1v) is 7.27. The molecule has 0 saturated heterocycles. The van der Waals surface area contributed by atoms with Crippen LogP contribution in [0.4, 0.5) is 5.69 Å². The molecule has 0 bridgehead atoms. The molecule has 88 valence electrons. The standard InChI is InChI=1S/C8H8BrClN2O2S2/c9-6-2-1-5(10)3-7(6)12-16(13,14)4-8(11)15/h1-3,12H,4H2,(H2,11,15). The smallest absolute Gasteiger partial charge is 0.239 e. The molecule has 0 saturated carbocycles. The molecule has 16 heavy (non-hydrogen) atoms. The van der Waals surface area contributed by atoms with Crippen molar-refractivity contribution in [2.24, 2.45) is 5.73 Å². The van der Waals surface area contributed by atoms with Crippen LogP contribution in [0.5, 0.6) is 0 Å². The van der Waals surface area contributed by atoms with Crippen LogP contribution in [-0.4, -0.2) is 19.2 Å². The number of benzene rings is 1. The molecule has 0 spiro atoms. The van der Waals surface area contributed by atoms with Crippen molar-refractivity contribution in [3.05, 3.63) is 27.7 Å². The Kier molecular flexibility index (Phi) is 4.54. The first kappa shape index (κ1) is 13.7. The molecule has 0 amide bonds. The lowest BCUT2D eigenvalue weighted by Gasteiger charge is -2.09. The van der Waals surface area contributed by atoms with Gasteiger partial charge in [0.25, 0.3) is 0 Å². The molecule has 0 heterocycles. The van der Waals surface area contributed by atoms with Crippen LogP contribution in [0, 0.1) is 0 Å². The third-order valence-corrected chi connectivity index (χ3v) is 4.00. The molecule has 1 aromatic carbocycles. The first-order valence-electron chi connectivity index (χ1n) is 4.04. The third kappa shape index (κ3) is 4.25. The maximum Gasteiger partial charge on any atom is 0.239 e. The summed E-state index contributed by atoms with van der Waals surface area (Å²) < 4.78 is 26.0. The van der Waals surface area contributed by atoms with Gasteiger partial charge in [0.15, 0.2) is 0 Å². The van der Waals surface area contributed by atoms with E-state index in [1.54, 1.807) is 12.1 Å². The van der Waals surface area contributed by atoms with Gasteiger partial charge in [-0.05, 0) is 34.1 Å². The van der Waals surface area contributed by atoms with E-state index in [1.807, 2.05) is 0 Å². The Bertz CT molecular complexity index is 519. The van der Waals surface area contributed by atoms with Crippen molar-refractivity contribution in [3.8, 4) is 0 Å². The fraction of sp³-hybridized carbons (Fsp3) is 0.125. The van der Waals surface area contributed by atoms with Crippen LogP contribution in [-0.2, 0) is 10.0 Å². The number of rotatable bonds is 4. The SMILES string of the molecule is NC(=S)CS(=O)(=O)Nc1cc(Cl)ccc1Br. The number of nitrogens with two attached hydrogens (primary N) is 1. The molecule has 1 rings (SSSR count). The highest BCUT2D eigenvalue weighted by Crippen LogP contribution is 2.26. The van der Waals surface area contributed by atoms with Crippen LogP contribution >= 0.6 is 39.7 Å². The van der Waals surface area contributed by atoms with Crippen LogP contribution in [0.3, 0.4) is 0 Å². The lowest BCUT2D eigenvalue weighted by atomic mass is 10.3. The molecule has 0 radical (unpaired) electrons. The largest absolute Gasteiger partial charge is 0.392 e. The summed E-state index contributed by atoms with van der Waals surface area (Å²) in [5.74, 6) is -0.402. The van der Waals surface area contributed by atoms with Gasteiger partial charge < -0.3 is 5.73 Å². The molecule has 0 aliphatic heterocycles. The average Bonchev–Trinajstić information content (AvgIpc) is 2.08. The van der Waals surface area contributed by atoms with Gasteiger partial charge in [-0.25, -0.2) is 8.42 Å². The summed E-state index contributed by atoms with van der Waals surface area (Å²) in [4.78, 5) is -0.0920. The Hall–Kier alpha value is -0.370. The number of hydrogen-bond donors (Lipinski definition) is 2. The van der Waals surface area contributed by atoms with E-state index in [-0.39, 0.29) is 4.99 Å². The van der Waals surface area contributed by atoms with Crippen molar-refractivity contribution in [1.82, 2.24) is 0 Å². The summed E-state index contributed by atoms with van der Waals surface area (Å²) in [5, 5.41) is 0.427. The van der Waals surface area contributed by atoms with E-state index in [2.05, 4.69) is 32.9 Å². The molecule has 0 aliphatic carbocycles. The number of anilines is 1. The van der Waals surface area contributed by atoms with Crippen molar-refractivity contribution >= 4 is 60.4 Å². The molecule has 3 N–H and O–H groups in total. The number of nitrogens with one attached hydrogen (secondary N) is 1. The second-order valence-electron chi connectivity index (χ2n) is 2.95. The molecule has 0 aromatic heterocycles. The highest BCUT2D eigenvalue weighted by atomic mass is 79.9. The van der Waals surface area contributed by atoms with Crippen LogP contribution in [0.1, 0.15) is 0 Å². The van der Waals surface area contributed by atoms with Crippen LogP contribution < -0.4 is 10.5 Å². The minimum Gasteiger partial charge on any atom is -0.392 e. The van der Waals surface area contributed by atoms with Gasteiger partial charge in [0.05, 0.1) is 10.7 Å². The molecule has 0 aliphatic rings. The Morgan fingerprint density at radius 2 is 2.19 bits per heavy atom. The number of hydrogen-bond acceptors (Lipinski definition) is 3. The summed E-state index contributed by atoms with van der Waals surface area (Å²) in [6.07, 6.45) is 0. The highest BCUT2D eigenvalue weighted by Gasteiger charge is 2.13. The van der Waals surface area contributed by atoms with Crippen LogP contribution in [0.15, 0.2) is 22.7 Å². The fourth-order valence-corrected chi connectivity index (χ4v) is 3.03. The Balaban J connectivity index is 2.96. The zero-order chi connectivity index (χ0) is 12.3. The Labute approximate surface area is 112 Å². The molecule has 8 heteroatoms. The van der Waals surface area contributed by atoms with Crippen molar-refractivity contribution in [2.75, 3.05) is 10.5 Å². The van der Waals surface area contributed by atoms with E-state index in [4.69, 9.17) is 17.3 Å². The summed E-state index contributed by atoms with van der Waals surface area (Å²) >= 11 is 13.5. The monoisotopic (exact) mass is 342 g/mol. The van der Waals surface area contributed by atoms with Gasteiger partial charge >= 0.3 is 0 Å². The topological polar surface area (TPSA) is 72.2 Å². The molecular weight excluding hydrogens is 336 g/mol. The number of sulfonamides is 1. The van der Waals surface area contributed by atoms with E-state index in [1.165, 1.54) is 6.07 Å². The minimum absolute atomic E-state index is 0.0920. The van der Waals surface area contributed by atoms with Gasteiger partial charge in [-0.2, -0.15) is 0 Å². The summed E-state index contributed by atoms with van der Waals surface area (Å²) in [6.45, 7) is 0. The second kappa shape index (κ2) is 5.31. The van der Waals surface area contributed by atoms with Gasteiger partial charge in [-0.15, -0.1) is 0 Å². The highest BCUT2D eigenvalue weighted by molar-refractivity contribution is 9.10. The van der Waals surface area contributed by atoms with Gasteiger partial charge in [-0.1, -0.05) is 23.8 Å². The molecule has 0 atom stereocenters. The van der Waals surface area contributed by atoms with Crippen molar-refractivity contribution in [2.45, 2.75) is 0 Å². The van der Waals surface area contributed by atoms with E-state index >= 15 is 0 Å². The van der Waals surface area contributed by atoms with Gasteiger partial charge in [0.1, 0.15) is 5.75 Å². The third-order valence-electron chi connectivity index (χ3n) is 1.53. The van der Waals surface area contributed by atoms with E-state index in [0.717, 1.165) is 0 Å². The summed E-state index contributed by atoms with van der Waals surface area (Å²) in [5.41, 5.74) is 5.53. The second-order valence-corrected chi connectivity index (χ2v) is 6.49. The molecular formula is C8H8BrClN2O2S2. The molecule has 1 aromatic rings. The fourth-order valence-electron chi connectivity index (χ4n) is 0.967. The van der Waals surface area contributed by atoms with E-state index in [9.17, 15) is 8.42 Å². The Morgan fingerprint density at radius 1 is 1.56 bits per heavy atom. The van der Waals surface area contributed by atoms with Crippen LogP contribution in [0.25, 0.3) is 0 Å². The van der Waals surface area contributed by atoms with E-state index in [0.29, 0.717) is 15.2 Å². The lowest BCUT2D eigenvalue weighted by Crippen LogP contribution is -2.26. The van der Waals surface area contributed by atoms with Crippen LogP contribution in [0.2, 0.25) is 5.02 Å². The number of thiocarbonyl (C=S) groups is 1. The maximum absolute atomic E-state index is 11.5. The van der Waals surface area contributed by atoms with Crippen molar-refractivity contribution in [1.29, 1.82) is 0 Å². The van der Waals surface area contributed by atoms with Gasteiger partial charge in [0, 0.05) is 9.50 Å². The van der Waals surface area contributed by atoms with Gasteiger partial charge in [-0.3, -0.25) is 4.72 Å².